The summed E-state index contributed by atoms with van der Waals surface area (Å²) in [5.41, 5.74) is 11.0. The number of carbonyl (C=O) groups is 5. The summed E-state index contributed by atoms with van der Waals surface area (Å²) in [5, 5.41) is 0. The van der Waals surface area contributed by atoms with E-state index in [-0.39, 0.29) is 28.9 Å². The number of rotatable bonds is 18. The van der Waals surface area contributed by atoms with Crippen molar-refractivity contribution < 1.29 is 47.7 Å². The first-order valence-corrected chi connectivity index (χ1v) is 28.0. The molecule has 0 aliphatic rings. The van der Waals surface area contributed by atoms with Gasteiger partial charge in [-0.15, -0.1) is 0 Å². The first-order chi connectivity index (χ1) is 42.2. The molecule has 430 valence electrons. The van der Waals surface area contributed by atoms with Crippen molar-refractivity contribution in [2.75, 3.05) is 21.3 Å². The summed E-state index contributed by atoms with van der Waals surface area (Å²) >= 11 is 0. The summed E-state index contributed by atoms with van der Waals surface area (Å²) in [5.74, 6) is 4.54. The summed E-state index contributed by atoms with van der Waals surface area (Å²) in [6.07, 6.45) is 0. The molecule has 0 spiro atoms. The lowest BCUT2D eigenvalue weighted by molar-refractivity contribution is 0.102. The second-order valence-corrected chi connectivity index (χ2v) is 20.3. The standard InChI is InChI=1S/C34H26O4.C22H18O3.C21H18O3/c1-23-6-8-26(9-7-23)33(35)28-4-3-5-29(22-28)34(36)27-14-20-32(21-15-27)38-31-18-12-25(13-19-31)24-10-16-30(37-2)17-11-24;1-15-6-8-16(9-7-15)21(23)18-4-3-5-19(14-18)22(24)17-10-12-20(25-2)13-11-17;1-15-4-3-5-20(14-15)24-19-12-8-17(9-13-19)21(22)16-6-10-18(23-2)11-7-16/h3-22H,1-2H3;3-14H,1-2H3;3-14H,1-2H3. The van der Waals surface area contributed by atoms with Gasteiger partial charge in [-0.05, 0) is 183 Å². The Hall–Kier alpha value is -11.2. The minimum atomic E-state index is -0.154. The number of hydrogen-bond donors (Lipinski definition) is 0. The van der Waals surface area contributed by atoms with Gasteiger partial charge in [-0.2, -0.15) is 0 Å². The van der Waals surface area contributed by atoms with Crippen molar-refractivity contribution in [1.82, 2.24) is 0 Å². The van der Waals surface area contributed by atoms with Crippen molar-refractivity contribution in [2.24, 2.45) is 0 Å². The van der Waals surface area contributed by atoms with Crippen molar-refractivity contribution in [3.8, 4) is 51.4 Å². The number of benzene rings is 11. The Morgan fingerprint density at radius 2 is 0.460 bits per heavy atom. The summed E-state index contributed by atoms with van der Waals surface area (Å²) in [6.45, 7) is 5.97. The lowest BCUT2D eigenvalue weighted by Gasteiger charge is -2.09. The van der Waals surface area contributed by atoms with Gasteiger partial charge < -0.3 is 23.7 Å². The van der Waals surface area contributed by atoms with Gasteiger partial charge in [0.15, 0.2) is 28.9 Å². The zero-order chi connectivity index (χ0) is 61.2. The molecule has 0 atom stereocenters. The van der Waals surface area contributed by atoms with Crippen LogP contribution in [-0.4, -0.2) is 50.2 Å². The molecule has 0 saturated carbocycles. The quantitative estimate of drug-likeness (QED) is 0.0765. The van der Waals surface area contributed by atoms with E-state index in [1.807, 2.05) is 118 Å². The van der Waals surface area contributed by atoms with E-state index in [0.29, 0.717) is 78.6 Å². The van der Waals surface area contributed by atoms with Gasteiger partial charge in [0.05, 0.1) is 21.3 Å². The highest BCUT2D eigenvalue weighted by Crippen LogP contribution is 2.29. The van der Waals surface area contributed by atoms with Crippen LogP contribution in [0.25, 0.3) is 11.1 Å². The van der Waals surface area contributed by atoms with Crippen molar-refractivity contribution in [3.05, 3.63) is 339 Å². The topological polar surface area (TPSA) is 132 Å². The fraction of sp³-hybridized carbons (Fsp3) is 0.0779. The van der Waals surface area contributed by atoms with E-state index in [1.54, 1.807) is 191 Å². The Morgan fingerprint density at radius 1 is 0.218 bits per heavy atom. The van der Waals surface area contributed by atoms with E-state index in [1.165, 1.54) is 0 Å². The number of methoxy groups -OCH3 is 3. The zero-order valence-electron chi connectivity index (χ0n) is 49.0. The van der Waals surface area contributed by atoms with E-state index < -0.39 is 0 Å². The molecule has 0 fully saturated rings. The van der Waals surface area contributed by atoms with Crippen molar-refractivity contribution in [1.29, 1.82) is 0 Å². The van der Waals surface area contributed by atoms with Gasteiger partial charge in [-0.1, -0.05) is 132 Å². The molecule has 87 heavy (non-hydrogen) atoms. The largest absolute Gasteiger partial charge is 0.497 e. The predicted octanol–water partition coefficient (Wildman–Crippen LogP) is 17.4. The van der Waals surface area contributed by atoms with Gasteiger partial charge in [0.25, 0.3) is 0 Å². The molecule has 11 aromatic rings. The van der Waals surface area contributed by atoms with E-state index in [9.17, 15) is 24.0 Å². The van der Waals surface area contributed by atoms with Crippen LogP contribution in [0.2, 0.25) is 0 Å². The van der Waals surface area contributed by atoms with Gasteiger partial charge >= 0.3 is 0 Å². The second kappa shape index (κ2) is 28.8. The Bertz CT molecular complexity index is 4150. The Balaban J connectivity index is 0.000000162. The average Bonchev–Trinajstić information content (AvgIpc) is 3.77. The van der Waals surface area contributed by atoms with E-state index in [4.69, 9.17) is 23.7 Å². The van der Waals surface area contributed by atoms with Crippen LogP contribution in [-0.2, 0) is 0 Å². The van der Waals surface area contributed by atoms with Crippen LogP contribution < -0.4 is 23.7 Å². The molecule has 11 rings (SSSR count). The number of ketones is 5. The Kier molecular flexibility index (Phi) is 20.0. The van der Waals surface area contributed by atoms with Gasteiger partial charge in [0.2, 0.25) is 0 Å². The minimum Gasteiger partial charge on any atom is -0.497 e. The molecule has 10 heteroatoms. The van der Waals surface area contributed by atoms with E-state index >= 15 is 0 Å². The molecule has 0 aliphatic carbocycles. The summed E-state index contributed by atoms with van der Waals surface area (Å²) in [4.78, 5) is 63.8. The molecule has 10 nitrogen and oxygen atoms in total. The molecule has 0 unspecified atom stereocenters. The lowest BCUT2D eigenvalue weighted by atomic mass is 9.97. The van der Waals surface area contributed by atoms with Crippen LogP contribution >= 0.6 is 0 Å². The van der Waals surface area contributed by atoms with Crippen LogP contribution in [0.3, 0.4) is 0 Å². The van der Waals surface area contributed by atoms with E-state index in [2.05, 4.69) is 0 Å². The van der Waals surface area contributed by atoms with E-state index in [0.717, 1.165) is 45.1 Å². The minimum absolute atomic E-state index is 0.0280. The Labute approximate surface area is 506 Å². The number of carbonyl (C=O) groups excluding carboxylic acids is 5. The maximum absolute atomic E-state index is 13.1. The Morgan fingerprint density at radius 3 is 0.759 bits per heavy atom. The van der Waals surface area contributed by atoms with Gasteiger partial charge in [-0.3, -0.25) is 24.0 Å². The maximum Gasteiger partial charge on any atom is 0.193 e. The molecular weight excluding hydrogens is 1080 g/mol. The summed E-state index contributed by atoms with van der Waals surface area (Å²) in [6, 6.07) is 80.2. The molecule has 0 amide bonds. The third kappa shape index (κ3) is 16.1. The van der Waals surface area contributed by atoms with Crippen LogP contribution in [0.4, 0.5) is 0 Å². The highest BCUT2D eigenvalue weighted by molar-refractivity contribution is 6.14. The molecular formula is C77H62O10. The fourth-order valence-corrected chi connectivity index (χ4v) is 9.13. The molecule has 0 heterocycles. The first-order valence-electron chi connectivity index (χ1n) is 28.0. The fourth-order valence-electron chi connectivity index (χ4n) is 9.13. The summed E-state index contributed by atoms with van der Waals surface area (Å²) in [7, 11) is 4.83. The third-order valence-electron chi connectivity index (χ3n) is 14.1. The predicted molar refractivity (Wildman–Crippen MR) is 341 cm³/mol. The van der Waals surface area contributed by atoms with Crippen LogP contribution in [0.1, 0.15) is 96.3 Å². The monoisotopic (exact) mass is 1150 g/mol. The number of hydrogen-bond acceptors (Lipinski definition) is 10. The molecule has 0 aliphatic heterocycles. The maximum atomic E-state index is 13.1. The molecule has 0 saturated heterocycles. The number of ether oxygens (including phenoxy) is 5. The van der Waals surface area contributed by atoms with Crippen molar-refractivity contribution in [2.45, 2.75) is 20.8 Å². The normalized spacial score (nSPS) is 10.4. The molecule has 0 aromatic heterocycles. The average molecular weight is 1150 g/mol. The zero-order valence-corrected chi connectivity index (χ0v) is 49.0. The third-order valence-corrected chi connectivity index (χ3v) is 14.1. The van der Waals surface area contributed by atoms with Gasteiger partial charge in [-0.25, -0.2) is 0 Å². The smallest absolute Gasteiger partial charge is 0.193 e. The van der Waals surface area contributed by atoms with Crippen LogP contribution in [0, 0.1) is 20.8 Å². The SMILES string of the molecule is COc1ccc(-c2ccc(Oc3ccc(C(=O)c4cccc(C(=O)c5ccc(C)cc5)c4)cc3)cc2)cc1.COc1ccc(C(=O)c2ccc(Oc3cccc(C)c3)cc2)cc1.COc1ccc(C(=O)c2cccc(C(=O)c3ccc(C)cc3)c2)cc1. The van der Waals surface area contributed by atoms with Crippen molar-refractivity contribution in [3.63, 3.8) is 0 Å². The van der Waals surface area contributed by atoms with Crippen molar-refractivity contribution >= 4 is 28.9 Å². The lowest BCUT2D eigenvalue weighted by Crippen LogP contribution is -2.06. The highest BCUT2D eigenvalue weighted by atomic mass is 16.5. The van der Waals surface area contributed by atoms with Crippen LogP contribution in [0.15, 0.2) is 267 Å². The van der Waals surface area contributed by atoms with Gasteiger partial charge in [0.1, 0.15) is 40.2 Å². The highest BCUT2D eigenvalue weighted by Gasteiger charge is 2.17. The number of aryl methyl sites for hydroxylation is 3. The molecule has 11 aromatic carbocycles. The molecule has 0 bridgehead atoms. The second-order valence-electron chi connectivity index (χ2n) is 20.3. The van der Waals surface area contributed by atoms with Crippen LogP contribution in [0.5, 0.6) is 40.2 Å². The summed E-state index contributed by atoms with van der Waals surface area (Å²) < 4.78 is 27.2. The molecule has 0 radical (unpaired) electrons. The molecule has 0 N–H and O–H groups in total. The van der Waals surface area contributed by atoms with Gasteiger partial charge in [0, 0.05) is 55.6 Å². The first kappa shape index (κ1) is 60.4.